The van der Waals surface area contributed by atoms with Gasteiger partial charge in [-0.05, 0) is 28.1 Å². The van der Waals surface area contributed by atoms with E-state index in [2.05, 4.69) is 15.9 Å². The molecule has 5 nitrogen and oxygen atoms in total. The van der Waals surface area contributed by atoms with Crippen LogP contribution in [0.25, 0.3) is 0 Å². The maximum Gasteiger partial charge on any atom is 0.372 e. The van der Waals surface area contributed by atoms with Crippen LogP contribution >= 0.6 is 15.9 Å². The molecule has 0 spiro atoms. The summed E-state index contributed by atoms with van der Waals surface area (Å²) < 4.78 is 5.49. The lowest BCUT2D eigenvalue weighted by Crippen LogP contribution is -2.10. The zero-order valence-corrected chi connectivity index (χ0v) is 9.47. The van der Waals surface area contributed by atoms with Gasteiger partial charge in [0.2, 0.25) is 5.76 Å². The van der Waals surface area contributed by atoms with E-state index >= 15 is 0 Å². The van der Waals surface area contributed by atoms with Gasteiger partial charge in [0.1, 0.15) is 5.75 Å². The van der Waals surface area contributed by atoms with Crippen LogP contribution in [0.5, 0.6) is 5.75 Å². The molecule has 0 aromatic heterocycles. The molecule has 6 heteroatoms. The van der Waals surface area contributed by atoms with Crippen LogP contribution in [0.1, 0.15) is 0 Å². The van der Waals surface area contributed by atoms with Crippen LogP contribution in [0.2, 0.25) is 0 Å². The van der Waals surface area contributed by atoms with Crippen molar-refractivity contribution >= 4 is 27.9 Å². The molecular weight excluding hydrogens is 280 g/mol. The molecule has 0 amide bonds. The largest absolute Gasteiger partial charge is 0.478 e. The summed E-state index contributed by atoms with van der Waals surface area (Å²) in [4.78, 5) is 21.0. The van der Waals surface area contributed by atoms with Crippen LogP contribution in [-0.2, 0) is 9.59 Å². The van der Waals surface area contributed by atoms with Crippen LogP contribution in [0.4, 0.5) is 0 Å². The quantitative estimate of drug-likeness (QED) is 0.652. The first-order chi connectivity index (χ1) is 7.50. The van der Waals surface area contributed by atoms with Gasteiger partial charge in [0.05, 0.1) is 10.5 Å². The Hall–Kier alpha value is -1.82. The number of carbonyl (C=O) groups is 2. The standard InChI is InChI=1S/C10H7BrO5/c11-6-3-1-2-4-7(6)16-8(10(14)15)5-9(12)13/h1-5H,(H,12,13)(H,14,15)/b8-5-. The molecule has 0 saturated carbocycles. The molecule has 0 aliphatic carbocycles. The molecule has 0 saturated heterocycles. The first-order valence-electron chi connectivity index (χ1n) is 4.11. The summed E-state index contributed by atoms with van der Waals surface area (Å²) in [6, 6.07) is 6.52. The number of rotatable bonds is 4. The number of hydrogen-bond acceptors (Lipinski definition) is 3. The topological polar surface area (TPSA) is 83.8 Å². The van der Waals surface area contributed by atoms with Crippen molar-refractivity contribution in [2.45, 2.75) is 0 Å². The number of carboxylic acids is 2. The summed E-state index contributed by atoms with van der Waals surface area (Å²) in [7, 11) is 0. The van der Waals surface area contributed by atoms with Crippen LogP contribution in [0.15, 0.2) is 40.6 Å². The molecule has 0 atom stereocenters. The molecule has 0 unspecified atom stereocenters. The third-order valence-corrected chi connectivity index (χ3v) is 2.18. The zero-order chi connectivity index (χ0) is 12.1. The van der Waals surface area contributed by atoms with E-state index < -0.39 is 17.7 Å². The first kappa shape index (κ1) is 12.3. The number of ether oxygens (including phenoxy) is 1. The molecule has 84 valence electrons. The van der Waals surface area contributed by atoms with Crippen molar-refractivity contribution in [1.82, 2.24) is 0 Å². The fraction of sp³-hybridized carbons (Fsp3) is 0. The Morgan fingerprint density at radius 2 is 1.88 bits per heavy atom. The lowest BCUT2D eigenvalue weighted by atomic mass is 10.3. The van der Waals surface area contributed by atoms with Gasteiger partial charge in [0.25, 0.3) is 0 Å². The second-order valence-electron chi connectivity index (χ2n) is 2.68. The van der Waals surface area contributed by atoms with Gasteiger partial charge in [-0.1, -0.05) is 12.1 Å². The molecule has 1 aromatic carbocycles. The highest BCUT2D eigenvalue weighted by Gasteiger charge is 2.13. The molecule has 0 fully saturated rings. The smallest absolute Gasteiger partial charge is 0.372 e. The van der Waals surface area contributed by atoms with Gasteiger partial charge < -0.3 is 14.9 Å². The van der Waals surface area contributed by atoms with Gasteiger partial charge in [-0.15, -0.1) is 0 Å². The molecular formula is C10H7BrO5. The molecule has 2 N–H and O–H groups in total. The Labute approximate surface area is 99.1 Å². The number of aliphatic carboxylic acids is 2. The third kappa shape index (κ3) is 3.39. The molecule has 0 aliphatic heterocycles. The molecule has 16 heavy (non-hydrogen) atoms. The number of carboxylic acid groups (broad SMARTS) is 2. The average molecular weight is 287 g/mol. The second-order valence-corrected chi connectivity index (χ2v) is 3.54. The van der Waals surface area contributed by atoms with Crippen molar-refractivity contribution in [3.63, 3.8) is 0 Å². The minimum atomic E-state index is -1.45. The summed E-state index contributed by atoms with van der Waals surface area (Å²) in [6.45, 7) is 0. The molecule has 0 heterocycles. The zero-order valence-electron chi connectivity index (χ0n) is 7.88. The van der Waals surface area contributed by atoms with E-state index in [0.29, 0.717) is 10.5 Å². The van der Waals surface area contributed by atoms with Crippen molar-refractivity contribution in [2.24, 2.45) is 0 Å². The molecule has 0 aliphatic rings. The Balaban J connectivity index is 2.98. The van der Waals surface area contributed by atoms with E-state index in [-0.39, 0.29) is 5.75 Å². The summed E-state index contributed by atoms with van der Waals surface area (Å²) in [5.41, 5.74) is 0. The molecule has 1 aromatic rings. The van der Waals surface area contributed by atoms with Crippen molar-refractivity contribution in [2.75, 3.05) is 0 Å². The van der Waals surface area contributed by atoms with Gasteiger partial charge in [-0.3, -0.25) is 0 Å². The molecule has 0 radical (unpaired) electrons. The van der Waals surface area contributed by atoms with Gasteiger partial charge in [-0.25, -0.2) is 9.59 Å². The fourth-order valence-electron chi connectivity index (χ4n) is 0.893. The van der Waals surface area contributed by atoms with Crippen LogP contribution in [-0.4, -0.2) is 22.2 Å². The molecule has 0 bridgehead atoms. The second kappa shape index (κ2) is 5.32. The highest BCUT2D eigenvalue weighted by atomic mass is 79.9. The lowest BCUT2D eigenvalue weighted by molar-refractivity contribution is -0.137. The van der Waals surface area contributed by atoms with Crippen LogP contribution in [0.3, 0.4) is 0 Å². The lowest BCUT2D eigenvalue weighted by Gasteiger charge is -2.06. The normalized spacial score (nSPS) is 10.9. The monoisotopic (exact) mass is 286 g/mol. The van der Waals surface area contributed by atoms with Crippen molar-refractivity contribution < 1.29 is 24.5 Å². The minimum Gasteiger partial charge on any atom is -0.478 e. The number of benzene rings is 1. The third-order valence-electron chi connectivity index (χ3n) is 1.52. The van der Waals surface area contributed by atoms with E-state index in [9.17, 15) is 9.59 Å². The number of halogens is 1. The number of para-hydroxylation sites is 1. The van der Waals surface area contributed by atoms with Crippen molar-refractivity contribution in [1.29, 1.82) is 0 Å². The number of hydrogen-bond donors (Lipinski definition) is 2. The van der Waals surface area contributed by atoms with E-state index in [0.717, 1.165) is 0 Å². The van der Waals surface area contributed by atoms with Gasteiger partial charge >= 0.3 is 11.9 Å². The van der Waals surface area contributed by atoms with E-state index in [4.69, 9.17) is 14.9 Å². The van der Waals surface area contributed by atoms with Crippen LogP contribution in [0, 0.1) is 0 Å². The highest BCUT2D eigenvalue weighted by molar-refractivity contribution is 9.10. The summed E-state index contributed by atoms with van der Waals surface area (Å²) in [6.07, 6.45) is 0.488. The maximum absolute atomic E-state index is 10.7. The van der Waals surface area contributed by atoms with Crippen LogP contribution < -0.4 is 4.74 Å². The Kier molecular flexibility index (Phi) is 4.07. The Morgan fingerprint density at radius 3 is 2.38 bits per heavy atom. The van der Waals surface area contributed by atoms with Gasteiger partial charge in [-0.2, -0.15) is 0 Å². The average Bonchev–Trinajstić information content (AvgIpc) is 2.19. The maximum atomic E-state index is 10.7. The summed E-state index contributed by atoms with van der Waals surface area (Å²) in [5, 5.41) is 17.2. The summed E-state index contributed by atoms with van der Waals surface area (Å²) in [5.74, 6) is -3.25. The minimum absolute atomic E-state index is 0.234. The van der Waals surface area contributed by atoms with E-state index in [1.54, 1.807) is 18.2 Å². The SMILES string of the molecule is O=C(O)/C=C(\Oc1ccccc1Br)C(=O)O. The van der Waals surface area contributed by atoms with Gasteiger partial charge in [0.15, 0.2) is 0 Å². The molecule has 1 rings (SSSR count). The fourth-order valence-corrected chi connectivity index (χ4v) is 1.26. The first-order valence-corrected chi connectivity index (χ1v) is 4.90. The van der Waals surface area contributed by atoms with Crippen molar-refractivity contribution in [3.8, 4) is 5.75 Å². The van der Waals surface area contributed by atoms with Gasteiger partial charge in [0, 0.05) is 0 Å². The van der Waals surface area contributed by atoms with Crippen molar-refractivity contribution in [3.05, 3.63) is 40.6 Å². The Bertz CT molecular complexity index is 452. The predicted molar refractivity (Wildman–Crippen MR) is 58.1 cm³/mol. The van der Waals surface area contributed by atoms with E-state index in [1.807, 2.05) is 0 Å². The van der Waals surface area contributed by atoms with E-state index in [1.165, 1.54) is 6.07 Å². The predicted octanol–water partition coefficient (Wildman–Crippen LogP) is 1.88. The summed E-state index contributed by atoms with van der Waals surface area (Å²) >= 11 is 3.15. The highest BCUT2D eigenvalue weighted by Crippen LogP contribution is 2.25. The Morgan fingerprint density at radius 1 is 1.25 bits per heavy atom.